The maximum Gasteiger partial charge on any atom is 0.123 e. The second-order valence-electron chi connectivity index (χ2n) is 9.51. The number of halogens is 1. The standard InChI is InChI=1S/C24H41NO2.ClH/c1-7-23(3,4)19-12-13-22(21(16-19)24(5,6)8-2)27-18-20(26)17-25-14-10-9-11-15-25;/h12-13,16,20,26H,7-11,14-15,17-18H2,1-6H3;1H. The number of benzene rings is 1. The van der Waals surface area contributed by atoms with Crippen LogP contribution in [0.1, 0.15) is 84.8 Å². The summed E-state index contributed by atoms with van der Waals surface area (Å²) in [5.41, 5.74) is 2.83. The van der Waals surface area contributed by atoms with E-state index in [0.29, 0.717) is 13.2 Å². The number of piperidine rings is 1. The van der Waals surface area contributed by atoms with E-state index in [-0.39, 0.29) is 23.2 Å². The first-order chi connectivity index (χ1) is 12.7. The van der Waals surface area contributed by atoms with Gasteiger partial charge in [0.2, 0.25) is 0 Å². The molecule has 0 spiro atoms. The topological polar surface area (TPSA) is 32.7 Å². The smallest absolute Gasteiger partial charge is 0.123 e. The van der Waals surface area contributed by atoms with Crippen LogP contribution in [0.25, 0.3) is 0 Å². The minimum absolute atomic E-state index is 0. The molecule has 2 rings (SSSR count). The summed E-state index contributed by atoms with van der Waals surface area (Å²) in [6.07, 6.45) is 5.53. The second kappa shape index (κ2) is 10.8. The summed E-state index contributed by atoms with van der Waals surface area (Å²) in [6, 6.07) is 6.65. The SMILES string of the molecule is CCC(C)(C)c1ccc(OCC(O)CN2CCCCC2)c(C(C)(C)CC)c1.Cl. The minimum Gasteiger partial charge on any atom is -0.491 e. The summed E-state index contributed by atoms with van der Waals surface area (Å²) in [7, 11) is 0. The van der Waals surface area contributed by atoms with Crippen LogP contribution >= 0.6 is 12.4 Å². The van der Waals surface area contributed by atoms with Crippen LogP contribution in [0.4, 0.5) is 0 Å². The molecule has 0 saturated carbocycles. The summed E-state index contributed by atoms with van der Waals surface area (Å²) in [4.78, 5) is 2.36. The van der Waals surface area contributed by atoms with E-state index in [1.807, 2.05) is 0 Å². The van der Waals surface area contributed by atoms with Crippen molar-refractivity contribution in [2.45, 2.75) is 90.6 Å². The fourth-order valence-corrected chi connectivity index (χ4v) is 3.68. The molecule has 0 aromatic heterocycles. The second-order valence-corrected chi connectivity index (χ2v) is 9.51. The lowest BCUT2D eigenvalue weighted by Gasteiger charge is -2.31. The molecule has 4 heteroatoms. The summed E-state index contributed by atoms with van der Waals surface area (Å²) < 4.78 is 6.15. The van der Waals surface area contributed by atoms with Crippen LogP contribution in [0.5, 0.6) is 5.75 Å². The maximum atomic E-state index is 10.5. The van der Waals surface area contributed by atoms with Crippen molar-refractivity contribution in [3.8, 4) is 5.75 Å². The molecule has 1 aliphatic rings. The highest BCUT2D eigenvalue weighted by atomic mass is 35.5. The van der Waals surface area contributed by atoms with Crippen molar-refractivity contribution in [2.75, 3.05) is 26.2 Å². The lowest BCUT2D eigenvalue weighted by atomic mass is 9.76. The first-order valence-electron chi connectivity index (χ1n) is 10.9. The molecule has 1 fully saturated rings. The number of hydrogen-bond donors (Lipinski definition) is 1. The number of aliphatic hydroxyl groups excluding tert-OH is 1. The zero-order valence-electron chi connectivity index (χ0n) is 18.9. The van der Waals surface area contributed by atoms with E-state index >= 15 is 0 Å². The Bertz CT molecular complexity index is 594. The molecule has 0 bridgehead atoms. The number of ether oxygens (including phenoxy) is 1. The van der Waals surface area contributed by atoms with Gasteiger partial charge in [0.15, 0.2) is 0 Å². The average molecular weight is 412 g/mol. The van der Waals surface area contributed by atoms with Gasteiger partial charge in [0.05, 0.1) is 0 Å². The Morgan fingerprint density at radius 2 is 1.61 bits per heavy atom. The van der Waals surface area contributed by atoms with Crippen LogP contribution in [-0.2, 0) is 10.8 Å². The van der Waals surface area contributed by atoms with Crippen LogP contribution in [0, 0.1) is 0 Å². The number of nitrogens with zero attached hydrogens (tertiary/aromatic N) is 1. The van der Waals surface area contributed by atoms with Crippen molar-refractivity contribution < 1.29 is 9.84 Å². The summed E-state index contributed by atoms with van der Waals surface area (Å²) in [5, 5.41) is 10.5. The van der Waals surface area contributed by atoms with Crippen molar-refractivity contribution in [3.05, 3.63) is 29.3 Å². The first kappa shape index (κ1) is 25.3. The van der Waals surface area contributed by atoms with Crippen molar-refractivity contribution in [1.29, 1.82) is 0 Å². The molecular weight excluding hydrogens is 370 g/mol. The Morgan fingerprint density at radius 3 is 2.18 bits per heavy atom. The minimum atomic E-state index is -0.438. The number of hydrogen-bond acceptors (Lipinski definition) is 3. The highest BCUT2D eigenvalue weighted by Crippen LogP contribution is 2.38. The van der Waals surface area contributed by atoms with Crippen molar-refractivity contribution in [1.82, 2.24) is 4.90 Å². The molecule has 1 atom stereocenters. The van der Waals surface area contributed by atoms with Crippen molar-refractivity contribution in [3.63, 3.8) is 0 Å². The van der Waals surface area contributed by atoms with Crippen LogP contribution in [0.15, 0.2) is 18.2 Å². The third-order valence-electron chi connectivity index (χ3n) is 6.61. The predicted octanol–water partition coefficient (Wildman–Crippen LogP) is 5.71. The largest absolute Gasteiger partial charge is 0.491 e. The fraction of sp³-hybridized carbons (Fsp3) is 0.750. The highest BCUT2D eigenvalue weighted by Gasteiger charge is 2.27. The number of β-amino-alcohol motifs (C(OH)–C–C–N with tert-alkyl or cyclic N) is 1. The third-order valence-corrected chi connectivity index (χ3v) is 6.61. The molecular formula is C24H42ClNO2. The molecule has 1 aromatic rings. The number of aliphatic hydroxyl groups is 1. The van der Waals surface area contributed by atoms with E-state index in [9.17, 15) is 5.11 Å². The maximum absolute atomic E-state index is 10.5. The van der Waals surface area contributed by atoms with E-state index in [4.69, 9.17) is 4.74 Å². The van der Waals surface area contributed by atoms with Crippen LogP contribution < -0.4 is 4.74 Å². The van der Waals surface area contributed by atoms with E-state index in [1.165, 1.54) is 30.4 Å². The monoisotopic (exact) mass is 411 g/mol. The van der Waals surface area contributed by atoms with E-state index < -0.39 is 6.10 Å². The summed E-state index contributed by atoms with van der Waals surface area (Å²) >= 11 is 0. The molecule has 1 N–H and O–H groups in total. The molecule has 1 unspecified atom stereocenters. The first-order valence-corrected chi connectivity index (χ1v) is 10.9. The molecule has 1 aliphatic heterocycles. The lowest BCUT2D eigenvalue weighted by molar-refractivity contribution is 0.0610. The Balaban J connectivity index is 0.00000392. The number of likely N-dealkylation sites (tertiary alicyclic amines) is 1. The van der Waals surface area contributed by atoms with Gasteiger partial charge in [-0.05, 0) is 61.2 Å². The number of rotatable bonds is 9. The predicted molar refractivity (Wildman–Crippen MR) is 122 cm³/mol. The molecule has 28 heavy (non-hydrogen) atoms. The van der Waals surface area contributed by atoms with Gasteiger partial charge < -0.3 is 14.7 Å². The van der Waals surface area contributed by atoms with E-state index in [1.54, 1.807) is 0 Å². The van der Waals surface area contributed by atoms with Gasteiger partial charge in [-0.15, -0.1) is 12.4 Å². The van der Waals surface area contributed by atoms with Gasteiger partial charge in [-0.25, -0.2) is 0 Å². The molecule has 1 heterocycles. The molecule has 0 amide bonds. The van der Waals surface area contributed by atoms with Gasteiger partial charge in [0.25, 0.3) is 0 Å². The van der Waals surface area contributed by atoms with Crippen molar-refractivity contribution >= 4 is 12.4 Å². The normalized spacial score (nSPS) is 17.1. The molecule has 3 nitrogen and oxygen atoms in total. The van der Waals surface area contributed by atoms with Gasteiger partial charge in [-0.3, -0.25) is 0 Å². The van der Waals surface area contributed by atoms with Gasteiger partial charge >= 0.3 is 0 Å². The van der Waals surface area contributed by atoms with Gasteiger partial charge in [-0.1, -0.05) is 60.1 Å². The summed E-state index contributed by atoms with van der Waals surface area (Å²) in [5.74, 6) is 0.926. The molecule has 1 aromatic carbocycles. The van der Waals surface area contributed by atoms with E-state index in [2.05, 4.69) is 64.6 Å². The Labute approximate surface area is 179 Å². The quantitative estimate of drug-likeness (QED) is 0.564. The van der Waals surface area contributed by atoms with E-state index in [0.717, 1.165) is 31.7 Å². The molecule has 162 valence electrons. The third kappa shape index (κ3) is 6.64. The van der Waals surface area contributed by atoms with Crippen LogP contribution in [0.3, 0.4) is 0 Å². The average Bonchev–Trinajstić information content (AvgIpc) is 2.67. The fourth-order valence-electron chi connectivity index (χ4n) is 3.68. The Hall–Kier alpha value is -0.770. The molecule has 0 aliphatic carbocycles. The highest BCUT2D eigenvalue weighted by molar-refractivity contribution is 5.85. The molecule has 0 radical (unpaired) electrons. The Morgan fingerprint density at radius 1 is 1.00 bits per heavy atom. The zero-order valence-corrected chi connectivity index (χ0v) is 19.7. The lowest BCUT2D eigenvalue weighted by Crippen LogP contribution is -2.38. The van der Waals surface area contributed by atoms with Crippen LogP contribution in [-0.4, -0.2) is 42.4 Å². The molecule has 1 saturated heterocycles. The van der Waals surface area contributed by atoms with Gasteiger partial charge in [0.1, 0.15) is 18.5 Å². The van der Waals surface area contributed by atoms with Crippen LogP contribution in [0.2, 0.25) is 0 Å². The Kier molecular flexibility index (Phi) is 9.79. The van der Waals surface area contributed by atoms with Gasteiger partial charge in [0, 0.05) is 12.1 Å². The van der Waals surface area contributed by atoms with Crippen molar-refractivity contribution in [2.24, 2.45) is 0 Å². The van der Waals surface area contributed by atoms with Gasteiger partial charge in [-0.2, -0.15) is 0 Å². The summed E-state index contributed by atoms with van der Waals surface area (Å²) in [6.45, 7) is 16.9. The zero-order chi connectivity index (χ0) is 20.1.